The molecule has 0 amide bonds. The van der Waals surface area contributed by atoms with Gasteiger partial charge in [0.25, 0.3) is 0 Å². The van der Waals surface area contributed by atoms with Crippen molar-refractivity contribution in [2.45, 2.75) is 19.3 Å². The number of ketones is 1. The van der Waals surface area contributed by atoms with Crippen molar-refractivity contribution in [3.8, 4) is 16.2 Å². The van der Waals surface area contributed by atoms with Gasteiger partial charge in [-0.1, -0.05) is 6.07 Å². The Hall–Kier alpha value is -2.59. The summed E-state index contributed by atoms with van der Waals surface area (Å²) >= 11 is 1.70. The first-order valence-electron chi connectivity index (χ1n) is 9.33. The zero-order chi connectivity index (χ0) is 18.6. The molecule has 1 aliphatic heterocycles. The first-order valence-corrected chi connectivity index (χ1v) is 10.2. The molecular weight excluding hydrogens is 354 g/mol. The zero-order valence-electron chi connectivity index (χ0n) is 15.5. The normalized spacial score (nSPS) is 13.7. The molecule has 0 aliphatic carbocycles. The maximum atomic E-state index is 12.8. The van der Waals surface area contributed by atoms with Crippen LogP contribution >= 0.6 is 11.3 Å². The Kier molecular flexibility index (Phi) is 5.26. The molecule has 0 unspecified atom stereocenters. The van der Waals surface area contributed by atoms with Crippen LogP contribution in [0.4, 0.5) is 5.69 Å². The summed E-state index contributed by atoms with van der Waals surface area (Å²) in [7, 11) is 1.65. The largest absolute Gasteiger partial charge is 0.496 e. The summed E-state index contributed by atoms with van der Waals surface area (Å²) in [5.41, 5.74) is 4.01. The van der Waals surface area contributed by atoms with Crippen molar-refractivity contribution in [3.63, 3.8) is 0 Å². The number of methoxy groups -OCH3 is 1. The Morgan fingerprint density at radius 2 is 1.85 bits per heavy atom. The van der Waals surface area contributed by atoms with Crippen LogP contribution in [0.5, 0.6) is 5.75 Å². The molecule has 2 aromatic carbocycles. The highest BCUT2D eigenvalue weighted by Crippen LogP contribution is 2.30. The molecule has 0 saturated carbocycles. The van der Waals surface area contributed by atoms with Crippen LogP contribution in [0.1, 0.15) is 28.8 Å². The molecule has 1 fully saturated rings. The van der Waals surface area contributed by atoms with Crippen LogP contribution in [0.3, 0.4) is 0 Å². The second-order valence-electron chi connectivity index (χ2n) is 6.84. The predicted octanol–water partition coefficient (Wildman–Crippen LogP) is 5.45. The van der Waals surface area contributed by atoms with Crippen molar-refractivity contribution in [1.82, 2.24) is 0 Å². The van der Waals surface area contributed by atoms with Gasteiger partial charge in [-0.25, -0.2) is 0 Å². The minimum Gasteiger partial charge on any atom is -0.496 e. The molecule has 1 aromatic heterocycles. The standard InChI is InChI=1S/C23H23NO2S/c1-26-22-11-8-18(23-5-4-14-27-23)15-19(22)16-21(25)17-6-9-20(10-7-17)24-12-2-3-13-24/h4-11,14-15H,2-3,12-13,16H2,1H3. The van der Waals surface area contributed by atoms with Crippen molar-refractivity contribution >= 4 is 22.8 Å². The molecule has 0 atom stereocenters. The molecule has 1 saturated heterocycles. The van der Waals surface area contributed by atoms with E-state index >= 15 is 0 Å². The lowest BCUT2D eigenvalue weighted by molar-refractivity contribution is 0.0992. The van der Waals surface area contributed by atoms with Gasteiger partial charge in [0.05, 0.1) is 7.11 Å². The first-order chi connectivity index (χ1) is 13.2. The summed E-state index contributed by atoms with van der Waals surface area (Å²) in [4.78, 5) is 16.4. The number of hydrogen-bond acceptors (Lipinski definition) is 4. The van der Waals surface area contributed by atoms with E-state index < -0.39 is 0 Å². The number of ether oxygens (including phenoxy) is 1. The summed E-state index contributed by atoms with van der Waals surface area (Å²) in [6.07, 6.45) is 2.84. The summed E-state index contributed by atoms with van der Waals surface area (Å²) in [5, 5.41) is 2.06. The molecule has 27 heavy (non-hydrogen) atoms. The molecule has 4 heteroatoms. The highest BCUT2D eigenvalue weighted by atomic mass is 32.1. The quantitative estimate of drug-likeness (QED) is 0.535. The van der Waals surface area contributed by atoms with E-state index in [4.69, 9.17) is 4.74 Å². The summed E-state index contributed by atoms with van der Waals surface area (Å²) in [6, 6.07) is 18.2. The lowest BCUT2D eigenvalue weighted by Gasteiger charge is -2.17. The lowest BCUT2D eigenvalue weighted by atomic mass is 9.99. The smallest absolute Gasteiger partial charge is 0.167 e. The fraction of sp³-hybridized carbons (Fsp3) is 0.261. The topological polar surface area (TPSA) is 29.5 Å². The van der Waals surface area contributed by atoms with Crippen LogP contribution in [-0.2, 0) is 6.42 Å². The number of hydrogen-bond donors (Lipinski definition) is 0. The first kappa shape index (κ1) is 17.8. The molecule has 2 heterocycles. The Bertz CT molecular complexity index is 910. The number of anilines is 1. The van der Waals surface area contributed by atoms with E-state index in [1.165, 1.54) is 23.4 Å². The van der Waals surface area contributed by atoms with E-state index in [2.05, 4.69) is 34.5 Å². The van der Waals surface area contributed by atoms with E-state index in [1.807, 2.05) is 30.3 Å². The lowest BCUT2D eigenvalue weighted by Crippen LogP contribution is -2.17. The van der Waals surface area contributed by atoms with Gasteiger partial charge in [0.2, 0.25) is 0 Å². The average Bonchev–Trinajstić information content (AvgIpc) is 3.42. The SMILES string of the molecule is COc1ccc(-c2cccs2)cc1CC(=O)c1ccc(N2CCCC2)cc1. The van der Waals surface area contributed by atoms with Crippen molar-refractivity contribution in [2.24, 2.45) is 0 Å². The molecule has 0 bridgehead atoms. The van der Waals surface area contributed by atoms with Gasteiger partial charge in [0, 0.05) is 41.2 Å². The maximum absolute atomic E-state index is 12.8. The van der Waals surface area contributed by atoms with Gasteiger partial charge in [0.1, 0.15) is 5.75 Å². The van der Waals surface area contributed by atoms with Crippen LogP contribution in [0.15, 0.2) is 60.0 Å². The van der Waals surface area contributed by atoms with Crippen molar-refractivity contribution < 1.29 is 9.53 Å². The van der Waals surface area contributed by atoms with Crippen LogP contribution in [-0.4, -0.2) is 26.0 Å². The van der Waals surface area contributed by atoms with E-state index in [0.29, 0.717) is 6.42 Å². The number of nitrogens with zero attached hydrogens (tertiary/aromatic N) is 1. The summed E-state index contributed by atoms with van der Waals surface area (Å²) < 4.78 is 5.49. The second kappa shape index (κ2) is 7.97. The molecule has 4 rings (SSSR count). The van der Waals surface area contributed by atoms with Crippen LogP contribution in [0.25, 0.3) is 10.4 Å². The third kappa shape index (κ3) is 3.91. The van der Waals surface area contributed by atoms with Gasteiger partial charge in [-0.3, -0.25) is 4.79 Å². The number of carbonyl (C=O) groups excluding carboxylic acids is 1. The Labute approximate surface area is 164 Å². The minimum atomic E-state index is 0.115. The number of rotatable bonds is 6. The maximum Gasteiger partial charge on any atom is 0.167 e. The van der Waals surface area contributed by atoms with Gasteiger partial charge in [0.15, 0.2) is 5.78 Å². The third-order valence-corrected chi connectivity index (χ3v) is 6.02. The predicted molar refractivity (Wildman–Crippen MR) is 112 cm³/mol. The Morgan fingerprint density at radius 1 is 1.07 bits per heavy atom. The summed E-state index contributed by atoms with van der Waals surface area (Å²) in [6.45, 7) is 2.22. The minimum absolute atomic E-state index is 0.115. The molecule has 3 aromatic rings. The van der Waals surface area contributed by atoms with E-state index in [9.17, 15) is 4.79 Å². The van der Waals surface area contributed by atoms with Gasteiger partial charge >= 0.3 is 0 Å². The van der Waals surface area contributed by atoms with Gasteiger partial charge in [-0.15, -0.1) is 11.3 Å². The Balaban J connectivity index is 1.54. The number of thiophene rings is 1. The fourth-order valence-electron chi connectivity index (χ4n) is 3.62. The summed E-state index contributed by atoms with van der Waals surface area (Å²) in [5.74, 6) is 0.877. The number of benzene rings is 2. The Morgan fingerprint density at radius 3 is 2.52 bits per heavy atom. The van der Waals surface area contributed by atoms with Crippen LogP contribution in [0.2, 0.25) is 0 Å². The molecule has 0 spiro atoms. The third-order valence-electron chi connectivity index (χ3n) is 5.10. The van der Waals surface area contributed by atoms with Gasteiger partial charge < -0.3 is 9.64 Å². The molecular formula is C23H23NO2S. The van der Waals surface area contributed by atoms with Crippen molar-refractivity contribution in [2.75, 3.05) is 25.1 Å². The van der Waals surface area contributed by atoms with Gasteiger partial charge in [-0.05, 0) is 72.3 Å². The van der Waals surface area contributed by atoms with Crippen LogP contribution < -0.4 is 9.64 Å². The molecule has 1 aliphatic rings. The van der Waals surface area contributed by atoms with E-state index in [0.717, 1.165) is 35.5 Å². The second-order valence-corrected chi connectivity index (χ2v) is 7.79. The number of Topliss-reactive ketones (excluding diaryl/α,β-unsaturated/α-hetero) is 1. The van der Waals surface area contributed by atoms with Crippen molar-refractivity contribution in [1.29, 1.82) is 0 Å². The van der Waals surface area contributed by atoms with Crippen molar-refractivity contribution in [3.05, 3.63) is 71.1 Å². The van der Waals surface area contributed by atoms with E-state index in [1.54, 1.807) is 18.4 Å². The highest BCUT2D eigenvalue weighted by molar-refractivity contribution is 7.13. The highest BCUT2D eigenvalue weighted by Gasteiger charge is 2.15. The zero-order valence-corrected chi connectivity index (χ0v) is 16.3. The molecule has 138 valence electrons. The molecule has 0 N–H and O–H groups in total. The molecule has 0 radical (unpaired) electrons. The fourth-order valence-corrected chi connectivity index (χ4v) is 4.35. The average molecular weight is 378 g/mol. The van der Waals surface area contributed by atoms with Crippen LogP contribution in [0, 0.1) is 0 Å². The molecule has 3 nitrogen and oxygen atoms in total. The van der Waals surface area contributed by atoms with E-state index in [-0.39, 0.29) is 5.78 Å². The monoisotopic (exact) mass is 377 g/mol. The number of carbonyl (C=O) groups is 1. The van der Waals surface area contributed by atoms with Gasteiger partial charge in [-0.2, -0.15) is 0 Å².